The van der Waals surface area contributed by atoms with Crippen molar-refractivity contribution in [3.05, 3.63) is 27.9 Å². The average Bonchev–Trinajstić information content (AvgIpc) is 2.54. The lowest BCUT2D eigenvalue weighted by Gasteiger charge is -2.34. The number of H-pyrrole nitrogens is 1. The summed E-state index contributed by atoms with van der Waals surface area (Å²) in [6.45, 7) is 0.956. The van der Waals surface area contributed by atoms with Gasteiger partial charge in [0.05, 0.1) is 18.6 Å². The molecule has 8 nitrogen and oxygen atoms in total. The molecule has 1 aromatic rings. The van der Waals surface area contributed by atoms with Crippen molar-refractivity contribution in [1.29, 1.82) is 0 Å². The molecule has 1 aliphatic carbocycles. The Morgan fingerprint density at radius 2 is 2.04 bits per heavy atom. The van der Waals surface area contributed by atoms with E-state index in [1.807, 2.05) is 0 Å². The number of aromatic nitrogens is 2. The topological polar surface area (TPSA) is 121 Å². The van der Waals surface area contributed by atoms with E-state index in [0.29, 0.717) is 30.8 Å². The highest BCUT2D eigenvalue weighted by Crippen LogP contribution is 2.27. The van der Waals surface area contributed by atoms with Gasteiger partial charge < -0.3 is 20.9 Å². The zero-order chi connectivity index (χ0) is 16.4. The summed E-state index contributed by atoms with van der Waals surface area (Å²) in [5.74, 6) is 0.0970. The Morgan fingerprint density at radius 1 is 1.30 bits per heavy atom. The van der Waals surface area contributed by atoms with E-state index >= 15 is 0 Å². The van der Waals surface area contributed by atoms with Gasteiger partial charge in [0.1, 0.15) is 0 Å². The highest BCUT2D eigenvalue weighted by atomic mass is 16.2. The van der Waals surface area contributed by atoms with Crippen LogP contribution in [0.2, 0.25) is 0 Å². The molecule has 124 valence electrons. The second-order valence-electron chi connectivity index (χ2n) is 6.22. The minimum atomic E-state index is -0.510. The van der Waals surface area contributed by atoms with Crippen LogP contribution in [-0.4, -0.2) is 39.4 Å². The van der Waals surface area contributed by atoms with Crippen molar-refractivity contribution >= 4 is 11.9 Å². The Hall–Kier alpha value is -2.38. The molecule has 0 bridgehead atoms. The number of fused-ring (bicyclic) bond motifs is 1. The number of nitrogens with zero attached hydrogens (tertiary/aromatic N) is 2. The monoisotopic (exact) mass is 319 g/mol. The van der Waals surface area contributed by atoms with Gasteiger partial charge in [-0.3, -0.25) is 9.59 Å². The van der Waals surface area contributed by atoms with Crippen LogP contribution in [0.25, 0.3) is 0 Å². The molecule has 2 heterocycles. The van der Waals surface area contributed by atoms with E-state index in [-0.39, 0.29) is 23.4 Å². The number of carbonyl (C=O) groups excluding carboxylic acids is 2. The Kier molecular flexibility index (Phi) is 4.31. The lowest BCUT2D eigenvalue weighted by atomic mass is 9.85. The highest BCUT2D eigenvalue weighted by Gasteiger charge is 2.32. The molecule has 1 fully saturated rings. The molecule has 0 radical (unpaired) electrons. The molecule has 3 rings (SSSR count). The molecule has 23 heavy (non-hydrogen) atoms. The molecular weight excluding hydrogens is 298 g/mol. The Labute approximate surface area is 133 Å². The van der Waals surface area contributed by atoms with Crippen molar-refractivity contribution in [1.82, 2.24) is 20.2 Å². The molecule has 8 heteroatoms. The third-order valence-corrected chi connectivity index (χ3v) is 4.75. The molecule has 4 N–H and O–H groups in total. The molecule has 0 atom stereocenters. The van der Waals surface area contributed by atoms with Gasteiger partial charge >= 0.3 is 6.03 Å². The molecule has 0 saturated heterocycles. The number of nitrogens with one attached hydrogen (secondary N) is 2. The molecule has 2 aliphatic rings. The summed E-state index contributed by atoms with van der Waals surface area (Å²) < 4.78 is 0. The van der Waals surface area contributed by atoms with Crippen LogP contribution in [0.15, 0.2) is 11.1 Å². The fraction of sp³-hybridized carbons (Fsp3) is 0.600. The van der Waals surface area contributed by atoms with Gasteiger partial charge in [0.15, 0.2) is 0 Å². The second-order valence-corrected chi connectivity index (χ2v) is 6.22. The molecule has 0 spiro atoms. The van der Waals surface area contributed by atoms with Crippen LogP contribution in [0, 0.1) is 5.92 Å². The lowest BCUT2D eigenvalue weighted by molar-refractivity contribution is -0.137. The molecule has 3 amide bonds. The summed E-state index contributed by atoms with van der Waals surface area (Å²) in [6.07, 6.45) is 4.95. The Balaban J connectivity index is 1.60. The normalized spacial score (nSPS) is 23.9. The first-order valence-electron chi connectivity index (χ1n) is 7.95. The molecule has 1 aromatic heterocycles. The minimum absolute atomic E-state index is 0.0236. The van der Waals surface area contributed by atoms with E-state index in [2.05, 4.69) is 15.3 Å². The van der Waals surface area contributed by atoms with Crippen molar-refractivity contribution in [3.63, 3.8) is 0 Å². The number of hydrogen-bond acceptors (Lipinski definition) is 4. The molecule has 1 aliphatic heterocycles. The smallest absolute Gasteiger partial charge is 0.312 e. The molecule has 0 aromatic carbocycles. The van der Waals surface area contributed by atoms with Crippen molar-refractivity contribution in [2.24, 2.45) is 11.7 Å². The molecule has 1 saturated carbocycles. The first-order chi connectivity index (χ1) is 11.0. The van der Waals surface area contributed by atoms with Crippen LogP contribution < -0.4 is 16.6 Å². The maximum absolute atomic E-state index is 12.7. The number of carbonyl (C=O) groups is 2. The number of amides is 3. The van der Waals surface area contributed by atoms with E-state index < -0.39 is 6.03 Å². The summed E-state index contributed by atoms with van der Waals surface area (Å²) in [6, 6.07) is -0.442. The van der Waals surface area contributed by atoms with Gasteiger partial charge in [0.25, 0.3) is 5.56 Å². The maximum Gasteiger partial charge on any atom is 0.312 e. The summed E-state index contributed by atoms with van der Waals surface area (Å²) in [7, 11) is 0. The fourth-order valence-corrected chi connectivity index (χ4v) is 3.50. The van der Waals surface area contributed by atoms with Gasteiger partial charge in [0, 0.05) is 24.1 Å². The SMILES string of the molecule is NC(=O)NC1CCC(C(=O)N2CCc3c(nc[nH]c3=O)C2)CC1. The predicted molar refractivity (Wildman–Crippen MR) is 82.4 cm³/mol. The largest absolute Gasteiger partial charge is 0.352 e. The lowest BCUT2D eigenvalue weighted by Crippen LogP contribution is -2.45. The van der Waals surface area contributed by atoms with Crippen LogP contribution in [0.4, 0.5) is 4.79 Å². The van der Waals surface area contributed by atoms with Gasteiger partial charge in [0.2, 0.25) is 5.91 Å². The number of hydrogen-bond donors (Lipinski definition) is 3. The average molecular weight is 319 g/mol. The van der Waals surface area contributed by atoms with Crippen molar-refractivity contribution in [2.45, 2.75) is 44.7 Å². The van der Waals surface area contributed by atoms with Gasteiger partial charge in [-0.2, -0.15) is 0 Å². The zero-order valence-electron chi connectivity index (χ0n) is 12.9. The third kappa shape index (κ3) is 3.35. The van der Waals surface area contributed by atoms with Crippen LogP contribution >= 0.6 is 0 Å². The number of rotatable bonds is 2. The fourth-order valence-electron chi connectivity index (χ4n) is 3.50. The predicted octanol–water partition coefficient (Wildman–Crippen LogP) is -0.118. The Bertz CT molecular complexity index is 663. The number of aromatic amines is 1. The van der Waals surface area contributed by atoms with Gasteiger partial charge in [-0.25, -0.2) is 9.78 Å². The van der Waals surface area contributed by atoms with Gasteiger partial charge in [-0.15, -0.1) is 0 Å². The third-order valence-electron chi connectivity index (χ3n) is 4.75. The van der Waals surface area contributed by atoms with E-state index in [0.717, 1.165) is 25.7 Å². The Morgan fingerprint density at radius 3 is 2.74 bits per heavy atom. The van der Waals surface area contributed by atoms with Crippen molar-refractivity contribution in [3.8, 4) is 0 Å². The van der Waals surface area contributed by atoms with E-state index in [4.69, 9.17) is 5.73 Å². The number of urea groups is 1. The van der Waals surface area contributed by atoms with E-state index in [9.17, 15) is 14.4 Å². The zero-order valence-corrected chi connectivity index (χ0v) is 12.9. The summed E-state index contributed by atoms with van der Waals surface area (Å²) in [4.78, 5) is 43.8. The maximum atomic E-state index is 12.7. The first-order valence-corrected chi connectivity index (χ1v) is 7.95. The van der Waals surface area contributed by atoms with Crippen LogP contribution in [0.1, 0.15) is 36.9 Å². The quantitative estimate of drug-likeness (QED) is 0.703. The van der Waals surface area contributed by atoms with Crippen molar-refractivity contribution < 1.29 is 9.59 Å². The highest BCUT2D eigenvalue weighted by molar-refractivity contribution is 5.79. The van der Waals surface area contributed by atoms with Crippen LogP contribution in [0.5, 0.6) is 0 Å². The minimum Gasteiger partial charge on any atom is -0.352 e. The number of nitrogens with two attached hydrogens (primary N) is 1. The molecular formula is C15H21N5O3. The van der Waals surface area contributed by atoms with Crippen LogP contribution in [-0.2, 0) is 17.8 Å². The van der Waals surface area contributed by atoms with E-state index in [1.165, 1.54) is 6.33 Å². The van der Waals surface area contributed by atoms with E-state index in [1.54, 1.807) is 4.90 Å². The standard InChI is InChI=1S/C15H21N5O3/c16-15(23)19-10-3-1-9(2-4-10)14(22)20-6-5-11-12(7-20)17-8-18-13(11)21/h8-10H,1-7H2,(H3,16,19,23)(H,17,18,21). The van der Waals surface area contributed by atoms with Crippen molar-refractivity contribution in [2.75, 3.05) is 6.54 Å². The van der Waals surface area contributed by atoms with Gasteiger partial charge in [-0.05, 0) is 32.1 Å². The first kappa shape index (κ1) is 15.5. The molecule has 0 unspecified atom stereocenters. The summed E-state index contributed by atoms with van der Waals surface area (Å²) >= 11 is 0. The summed E-state index contributed by atoms with van der Waals surface area (Å²) in [5, 5.41) is 2.71. The second kappa shape index (κ2) is 6.39. The van der Waals surface area contributed by atoms with Gasteiger partial charge in [-0.1, -0.05) is 0 Å². The number of primary amides is 1. The summed E-state index contributed by atoms with van der Waals surface area (Å²) in [5.41, 5.74) is 6.40. The van der Waals surface area contributed by atoms with Crippen LogP contribution in [0.3, 0.4) is 0 Å².